The molecule has 0 aliphatic carbocycles. The van der Waals surface area contributed by atoms with Gasteiger partial charge in [0.05, 0.1) is 14.2 Å². The summed E-state index contributed by atoms with van der Waals surface area (Å²) in [4.78, 5) is 4.40. The monoisotopic (exact) mass is 297 g/mol. The number of pyridine rings is 1. The van der Waals surface area contributed by atoms with Crippen LogP contribution in [0.2, 0.25) is 0 Å². The summed E-state index contributed by atoms with van der Waals surface area (Å²) in [5, 5.41) is 9.40. The fourth-order valence-corrected chi connectivity index (χ4v) is 2.31. The number of imidazole rings is 1. The van der Waals surface area contributed by atoms with Crippen molar-refractivity contribution < 1.29 is 13.9 Å². The molecule has 2 aromatic heterocycles. The van der Waals surface area contributed by atoms with Gasteiger partial charge in [-0.1, -0.05) is 0 Å². The van der Waals surface area contributed by atoms with E-state index in [9.17, 15) is 9.65 Å². The van der Waals surface area contributed by atoms with Gasteiger partial charge in [-0.3, -0.25) is 4.40 Å². The molecular formula is C16H12FN3O2. The second-order valence-corrected chi connectivity index (χ2v) is 4.57. The average Bonchev–Trinajstić information content (AvgIpc) is 2.91. The number of ether oxygens (including phenoxy) is 2. The molecule has 0 aliphatic heterocycles. The first-order chi connectivity index (χ1) is 10.7. The smallest absolute Gasteiger partial charge is 0.161 e. The molecule has 2 heterocycles. The Morgan fingerprint density at radius 2 is 1.91 bits per heavy atom. The number of fused-ring (bicyclic) bond motifs is 1. The van der Waals surface area contributed by atoms with Gasteiger partial charge in [0.25, 0.3) is 0 Å². The van der Waals surface area contributed by atoms with Crippen molar-refractivity contribution in [1.29, 1.82) is 5.26 Å². The molecule has 1 aromatic carbocycles. The summed E-state index contributed by atoms with van der Waals surface area (Å²) in [6.07, 6.45) is 1.24. The van der Waals surface area contributed by atoms with E-state index in [4.69, 9.17) is 9.47 Å². The maximum atomic E-state index is 13.4. The number of nitrogens with zero attached hydrogens (tertiary/aromatic N) is 3. The molecule has 0 saturated carbocycles. The highest BCUT2D eigenvalue weighted by atomic mass is 19.1. The van der Waals surface area contributed by atoms with Crippen molar-refractivity contribution in [2.45, 2.75) is 0 Å². The zero-order valence-electron chi connectivity index (χ0n) is 12.0. The third kappa shape index (κ3) is 2.13. The van der Waals surface area contributed by atoms with Gasteiger partial charge in [0, 0.05) is 11.8 Å². The molecule has 0 unspecified atom stereocenters. The lowest BCUT2D eigenvalue weighted by atomic mass is 10.1. The Hall–Kier alpha value is -3.07. The van der Waals surface area contributed by atoms with Crippen LogP contribution in [-0.2, 0) is 0 Å². The normalized spacial score (nSPS) is 10.5. The highest BCUT2D eigenvalue weighted by molar-refractivity contribution is 5.71. The topological polar surface area (TPSA) is 59.5 Å². The number of hydrogen-bond acceptors (Lipinski definition) is 4. The second-order valence-electron chi connectivity index (χ2n) is 4.57. The molecule has 0 saturated heterocycles. The maximum Gasteiger partial charge on any atom is 0.161 e. The minimum atomic E-state index is -0.430. The Balaban J connectivity index is 2.24. The van der Waals surface area contributed by atoms with Gasteiger partial charge in [0.1, 0.15) is 23.2 Å². The standard InChI is InChI=1S/C16H12FN3O2/c1-21-13-5-3-10(7-14(13)22-2)16-12(8-18)20-9-11(17)4-6-15(20)19-16/h3-7,9H,1-2H3. The summed E-state index contributed by atoms with van der Waals surface area (Å²) >= 11 is 0. The van der Waals surface area contributed by atoms with Gasteiger partial charge < -0.3 is 9.47 Å². The van der Waals surface area contributed by atoms with E-state index < -0.39 is 5.82 Å². The van der Waals surface area contributed by atoms with Gasteiger partial charge in [-0.05, 0) is 30.3 Å². The van der Waals surface area contributed by atoms with E-state index >= 15 is 0 Å². The van der Waals surface area contributed by atoms with Crippen LogP contribution >= 0.6 is 0 Å². The largest absolute Gasteiger partial charge is 0.493 e. The molecule has 3 aromatic rings. The molecule has 22 heavy (non-hydrogen) atoms. The minimum Gasteiger partial charge on any atom is -0.493 e. The molecule has 0 spiro atoms. The van der Waals surface area contributed by atoms with E-state index in [1.807, 2.05) is 0 Å². The molecule has 3 rings (SSSR count). The van der Waals surface area contributed by atoms with Gasteiger partial charge >= 0.3 is 0 Å². The van der Waals surface area contributed by atoms with Gasteiger partial charge in [-0.15, -0.1) is 0 Å². The van der Waals surface area contributed by atoms with Gasteiger partial charge in [0.2, 0.25) is 0 Å². The maximum absolute atomic E-state index is 13.4. The lowest BCUT2D eigenvalue weighted by molar-refractivity contribution is 0.355. The van der Waals surface area contributed by atoms with Crippen molar-refractivity contribution >= 4 is 5.65 Å². The third-order valence-electron chi connectivity index (χ3n) is 3.35. The lowest BCUT2D eigenvalue weighted by Gasteiger charge is -2.08. The van der Waals surface area contributed by atoms with Crippen LogP contribution in [0, 0.1) is 17.1 Å². The van der Waals surface area contributed by atoms with Gasteiger partial charge in [-0.25, -0.2) is 9.37 Å². The lowest BCUT2D eigenvalue weighted by Crippen LogP contribution is -1.92. The molecule has 0 N–H and O–H groups in total. The molecule has 0 aliphatic rings. The number of halogens is 1. The summed E-state index contributed by atoms with van der Waals surface area (Å²) in [6.45, 7) is 0. The average molecular weight is 297 g/mol. The first-order valence-corrected chi connectivity index (χ1v) is 6.48. The number of nitriles is 1. The zero-order valence-corrected chi connectivity index (χ0v) is 12.0. The Morgan fingerprint density at radius 1 is 1.14 bits per heavy atom. The van der Waals surface area contributed by atoms with E-state index in [1.54, 1.807) is 25.3 Å². The third-order valence-corrected chi connectivity index (χ3v) is 3.35. The minimum absolute atomic E-state index is 0.265. The van der Waals surface area contributed by atoms with Crippen LogP contribution in [0.3, 0.4) is 0 Å². The number of rotatable bonds is 3. The van der Waals surface area contributed by atoms with Crippen molar-refractivity contribution in [2.75, 3.05) is 14.2 Å². The summed E-state index contributed by atoms with van der Waals surface area (Å²) in [7, 11) is 3.08. The molecular weight excluding hydrogens is 285 g/mol. The molecule has 0 radical (unpaired) electrons. The Morgan fingerprint density at radius 3 is 2.59 bits per heavy atom. The number of hydrogen-bond donors (Lipinski definition) is 0. The number of aromatic nitrogens is 2. The predicted molar refractivity (Wildman–Crippen MR) is 78.4 cm³/mol. The summed E-state index contributed by atoms with van der Waals surface area (Å²) in [6, 6.07) is 10.2. The summed E-state index contributed by atoms with van der Waals surface area (Å²) in [5.74, 6) is 0.687. The molecule has 110 valence electrons. The van der Waals surface area contributed by atoms with Crippen LogP contribution in [0.4, 0.5) is 4.39 Å². The molecule has 6 heteroatoms. The van der Waals surface area contributed by atoms with Crippen molar-refractivity contribution in [3.05, 3.63) is 48.0 Å². The Kier molecular flexibility index (Phi) is 3.39. The van der Waals surface area contributed by atoms with Crippen molar-refractivity contribution in [2.24, 2.45) is 0 Å². The van der Waals surface area contributed by atoms with Crippen LogP contribution < -0.4 is 9.47 Å². The van der Waals surface area contributed by atoms with E-state index in [2.05, 4.69) is 11.1 Å². The number of benzene rings is 1. The Bertz CT molecular complexity index is 896. The van der Waals surface area contributed by atoms with Gasteiger partial charge in [0.15, 0.2) is 17.2 Å². The molecule has 0 bridgehead atoms. The fourth-order valence-electron chi connectivity index (χ4n) is 2.31. The summed E-state index contributed by atoms with van der Waals surface area (Å²) in [5.41, 5.74) is 1.93. The van der Waals surface area contributed by atoms with Crippen LogP contribution in [0.25, 0.3) is 16.9 Å². The van der Waals surface area contributed by atoms with Gasteiger partial charge in [-0.2, -0.15) is 5.26 Å². The van der Waals surface area contributed by atoms with E-state index in [1.165, 1.54) is 29.8 Å². The highest BCUT2D eigenvalue weighted by Gasteiger charge is 2.16. The fraction of sp³-hybridized carbons (Fsp3) is 0.125. The second kappa shape index (κ2) is 5.37. The first kappa shape index (κ1) is 13.9. The molecule has 0 fully saturated rings. The van der Waals surface area contributed by atoms with Crippen LogP contribution in [0.5, 0.6) is 11.5 Å². The van der Waals surface area contributed by atoms with E-state index in [0.29, 0.717) is 28.4 Å². The molecule has 5 nitrogen and oxygen atoms in total. The van der Waals surface area contributed by atoms with Crippen LogP contribution in [0.15, 0.2) is 36.5 Å². The van der Waals surface area contributed by atoms with Crippen molar-refractivity contribution in [3.8, 4) is 28.8 Å². The quantitative estimate of drug-likeness (QED) is 0.745. The zero-order chi connectivity index (χ0) is 15.7. The number of methoxy groups -OCH3 is 2. The first-order valence-electron chi connectivity index (χ1n) is 6.48. The van der Waals surface area contributed by atoms with Crippen LogP contribution in [-0.4, -0.2) is 23.6 Å². The van der Waals surface area contributed by atoms with Crippen molar-refractivity contribution in [3.63, 3.8) is 0 Å². The SMILES string of the molecule is COc1ccc(-c2nc3ccc(F)cn3c2C#N)cc1OC. The Labute approximate surface area is 126 Å². The molecule has 0 amide bonds. The van der Waals surface area contributed by atoms with E-state index in [-0.39, 0.29) is 5.69 Å². The van der Waals surface area contributed by atoms with E-state index in [0.717, 1.165) is 0 Å². The summed E-state index contributed by atoms with van der Waals surface area (Å²) < 4.78 is 25.3. The predicted octanol–water partition coefficient (Wildman–Crippen LogP) is 3.03. The highest BCUT2D eigenvalue weighted by Crippen LogP contribution is 2.33. The van der Waals surface area contributed by atoms with Crippen molar-refractivity contribution in [1.82, 2.24) is 9.38 Å². The van der Waals surface area contributed by atoms with Crippen LogP contribution in [0.1, 0.15) is 5.69 Å². The molecule has 0 atom stereocenters.